The van der Waals surface area contributed by atoms with Crippen LogP contribution < -0.4 is 0 Å². The SMILES string of the molecule is CCO[C@H]1CCC(C)=CCCC(C=O)=C[C@H]2C[C@]12C. The number of ether oxygens (including phenoxy) is 1. The minimum absolute atomic E-state index is 0.245. The van der Waals surface area contributed by atoms with Crippen LogP contribution in [-0.2, 0) is 9.53 Å². The Balaban J connectivity index is 2.18. The summed E-state index contributed by atoms with van der Waals surface area (Å²) in [7, 11) is 0. The fraction of sp³-hybridized carbons (Fsp3) is 0.706. The quantitative estimate of drug-likeness (QED) is 0.566. The van der Waals surface area contributed by atoms with Crippen LogP contribution in [0.3, 0.4) is 0 Å². The molecule has 0 aliphatic heterocycles. The topological polar surface area (TPSA) is 26.3 Å². The molecule has 19 heavy (non-hydrogen) atoms. The maximum absolute atomic E-state index is 11.1. The molecule has 0 aromatic rings. The average Bonchev–Trinajstić information content (AvgIpc) is 3.04. The maximum Gasteiger partial charge on any atom is 0.145 e. The van der Waals surface area contributed by atoms with Crippen LogP contribution in [0.5, 0.6) is 0 Å². The van der Waals surface area contributed by atoms with E-state index in [1.807, 2.05) is 0 Å². The average molecular weight is 262 g/mol. The molecule has 1 fully saturated rings. The molecule has 0 saturated heterocycles. The van der Waals surface area contributed by atoms with Gasteiger partial charge in [-0.25, -0.2) is 0 Å². The molecule has 2 heteroatoms. The van der Waals surface area contributed by atoms with Crippen molar-refractivity contribution >= 4 is 6.29 Å². The van der Waals surface area contributed by atoms with Crippen molar-refractivity contribution in [3.63, 3.8) is 0 Å². The molecular formula is C17H26O2. The number of carbonyl (C=O) groups excluding carboxylic acids is 1. The lowest BCUT2D eigenvalue weighted by molar-refractivity contribution is -0.105. The van der Waals surface area contributed by atoms with Crippen molar-refractivity contribution in [2.24, 2.45) is 11.3 Å². The summed E-state index contributed by atoms with van der Waals surface area (Å²) in [6.45, 7) is 7.35. The molecule has 0 amide bonds. The molecule has 0 spiro atoms. The third-order valence-electron chi connectivity index (χ3n) is 4.74. The summed E-state index contributed by atoms with van der Waals surface area (Å²) in [6, 6.07) is 0. The molecule has 3 atom stereocenters. The molecule has 0 aromatic heterocycles. The molecule has 0 bridgehead atoms. The summed E-state index contributed by atoms with van der Waals surface area (Å²) in [5.41, 5.74) is 2.64. The second-order valence-corrected chi connectivity index (χ2v) is 6.25. The molecule has 2 nitrogen and oxygen atoms in total. The standard InChI is InChI=1S/C17H26O2/c1-4-19-16-9-8-13(2)6-5-7-14(12-18)10-15-11-17(15,16)3/h6,10,12,15-16H,4-5,7-9,11H2,1-3H3/t15-,16-,17-/m0/s1. The highest BCUT2D eigenvalue weighted by Crippen LogP contribution is 2.58. The molecule has 0 aromatic carbocycles. The Morgan fingerprint density at radius 3 is 2.95 bits per heavy atom. The predicted octanol–water partition coefficient (Wildman–Crippen LogP) is 4.06. The lowest BCUT2D eigenvalue weighted by atomic mass is 9.92. The second kappa shape index (κ2) is 6.04. The van der Waals surface area contributed by atoms with Gasteiger partial charge in [-0.3, -0.25) is 4.79 Å². The first-order valence-electron chi connectivity index (χ1n) is 7.53. The van der Waals surface area contributed by atoms with Gasteiger partial charge in [0.15, 0.2) is 0 Å². The monoisotopic (exact) mass is 262 g/mol. The number of carbonyl (C=O) groups is 1. The summed E-state index contributed by atoms with van der Waals surface area (Å²) in [5.74, 6) is 0.530. The fourth-order valence-electron chi connectivity index (χ4n) is 3.23. The zero-order valence-electron chi connectivity index (χ0n) is 12.4. The highest BCUT2D eigenvalue weighted by Gasteiger charge is 2.54. The third-order valence-corrected chi connectivity index (χ3v) is 4.74. The van der Waals surface area contributed by atoms with E-state index >= 15 is 0 Å². The highest BCUT2D eigenvalue weighted by atomic mass is 16.5. The Morgan fingerprint density at radius 1 is 1.47 bits per heavy atom. The van der Waals surface area contributed by atoms with Crippen LogP contribution in [0.15, 0.2) is 23.3 Å². The Morgan fingerprint density at radius 2 is 2.26 bits per heavy atom. The molecule has 0 radical (unpaired) electrons. The lowest BCUT2D eigenvalue weighted by Gasteiger charge is -2.24. The van der Waals surface area contributed by atoms with Gasteiger partial charge in [-0.05, 0) is 57.4 Å². The zero-order chi connectivity index (χ0) is 13.9. The molecule has 0 unspecified atom stereocenters. The van der Waals surface area contributed by atoms with E-state index in [1.165, 1.54) is 5.57 Å². The summed E-state index contributed by atoms with van der Waals surface area (Å²) in [4.78, 5) is 11.1. The number of hydrogen-bond donors (Lipinski definition) is 0. The summed E-state index contributed by atoms with van der Waals surface area (Å²) >= 11 is 0. The van der Waals surface area contributed by atoms with Crippen LogP contribution in [0.1, 0.15) is 52.9 Å². The molecule has 2 aliphatic rings. The minimum atomic E-state index is 0.245. The van der Waals surface area contributed by atoms with Crippen LogP contribution in [0.4, 0.5) is 0 Å². The molecule has 0 N–H and O–H groups in total. The van der Waals surface area contributed by atoms with Crippen LogP contribution in [-0.4, -0.2) is 19.0 Å². The summed E-state index contributed by atoms with van der Waals surface area (Å²) < 4.78 is 5.98. The van der Waals surface area contributed by atoms with Gasteiger partial charge >= 0.3 is 0 Å². The Labute approximate surface area is 116 Å². The van der Waals surface area contributed by atoms with Crippen molar-refractivity contribution in [2.75, 3.05) is 6.61 Å². The second-order valence-electron chi connectivity index (χ2n) is 6.25. The van der Waals surface area contributed by atoms with Crippen molar-refractivity contribution in [2.45, 2.75) is 59.0 Å². The van der Waals surface area contributed by atoms with E-state index in [0.29, 0.717) is 12.0 Å². The van der Waals surface area contributed by atoms with Gasteiger partial charge in [-0.15, -0.1) is 0 Å². The number of aldehydes is 1. The Bertz CT molecular complexity index is 394. The number of allylic oxidation sites excluding steroid dienone is 4. The van der Waals surface area contributed by atoms with Crippen LogP contribution in [0, 0.1) is 11.3 Å². The van der Waals surface area contributed by atoms with Gasteiger partial charge < -0.3 is 4.74 Å². The van der Waals surface area contributed by atoms with Crippen molar-refractivity contribution in [1.29, 1.82) is 0 Å². The number of hydrogen-bond acceptors (Lipinski definition) is 2. The lowest BCUT2D eigenvalue weighted by Crippen LogP contribution is -2.25. The summed E-state index contributed by atoms with van der Waals surface area (Å²) in [6.07, 6.45) is 11.1. The van der Waals surface area contributed by atoms with Gasteiger partial charge in [0.2, 0.25) is 0 Å². The van der Waals surface area contributed by atoms with E-state index in [2.05, 4.69) is 32.9 Å². The number of rotatable bonds is 3. The van der Waals surface area contributed by atoms with Crippen LogP contribution in [0.2, 0.25) is 0 Å². The minimum Gasteiger partial charge on any atom is -0.378 e. The molecular weight excluding hydrogens is 236 g/mol. The van der Waals surface area contributed by atoms with Gasteiger partial charge in [0.05, 0.1) is 6.10 Å². The van der Waals surface area contributed by atoms with E-state index in [-0.39, 0.29) is 5.41 Å². The maximum atomic E-state index is 11.1. The third kappa shape index (κ3) is 3.36. The van der Waals surface area contributed by atoms with Crippen molar-refractivity contribution in [3.8, 4) is 0 Å². The van der Waals surface area contributed by atoms with Crippen LogP contribution in [0.25, 0.3) is 0 Å². The normalized spacial score (nSPS) is 35.5. The molecule has 2 aliphatic carbocycles. The first kappa shape index (κ1) is 14.5. The van der Waals surface area contributed by atoms with E-state index in [4.69, 9.17) is 4.74 Å². The molecule has 106 valence electrons. The van der Waals surface area contributed by atoms with Gasteiger partial charge in [0, 0.05) is 12.0 Å². The Kier molecular flexibility index (Phi) is 4.62. The fourth-order valence-corrected chi connectivity index (χ4v) is 3.23. The van der Waals surface area contributed by atoms with Gasteiger partial charge in [0.1, 0.15) is 6.29 Å². The first-order chi connectivity index (χ1) is 9.10. The van der Waals surface area contributed by atoms with Crippen LogP contribution >= 0.6 is 0 Å². The smallest absolute Gasteiger partial charge is 0.145 e. The van der Waals surface area contributed by atoms with E-state index in [9.17, 15) is 4.79 Å². The predicted molar refractivity (Wildman–Crippen MR) is 78.0 cm³/mol. The first-order valence-corrected chi connectivity index (χ1v) is 7.53. The van der Waals surface area contributed by atoms with Crippen molar-refractivity contribution < 1.29 is 9.53 Å². The largest absolute Gasteiger partial charge is 0.378 e. The molecule has 2 rings (SSSR count). The summed E-state index contributed by atoms with van der Waals surface area (Å²) in [5, 5.41) is 0. The van der Waals surface area contributed by atoms with Gasteiger partial charge in [-0.2, -0.15) is 0 Å². The zero-order valence-corrected chi connectivity index (χ0v) is 12.4. The van der Waals surface area contributed by atoms with Crippen molar-refractivity contribution in [3.05, 3.63) is 23.3 Å². The van der Waals surface area contributed by atoms with E-state index in [1.54, 1.807) is 0 Å². The van der Waals surface area contributed by atoms with E-state index < -0.39 is 0 Å². The Hall–Kier alpha value is -0.890. The van der Waals surface area contributed by atoms with Gasteiger partial charge in [-0.1, -0.05) is 24.6 Å². The van der Waals surface area contributed by atoms with Crippen molar-refractivity contribution in [1.82, 2.24) is 0 Å². The van der Waals surface area contributed by atoms with E-state index in [0.717, 1.165) is 50.6 Å². The van der Waals surface area contributed by atoms with Gasteiger partial charge in [0.25, 0.3) is 0 Å². The highest BCUT2D eigenvalue weighted by molar-refractivity contribution is 5.73. The number of fused-ring (bicyclic) bond motifs is 1. The molecule has 1 saturated carbocycles. The molecule has 0 heterocycles.